The lowest BCUT2D eigenvalue weighted by Crippen LogP contribution is -2.06. The lowest BCUT2D eigenvalue weighted by Gasteiger charge is -2.05. The Morgan fingerprint density at radius 1 is 1.26 bits per heavy atom. The van der Waals surface area contributed by atoms with Crippen LogP contribution in [0.1, 0.15) is 41.9 Å². The first kappa shape index (κ1) is 13.8. The van der Waals surface area contributed by atoms with Gasteiger partial charge in [0.25, 0.3) is 0 Å². The summed E-state index contributed by atoms with van der Waals surface area (Å²) in [4.78, 5) is 14.2. The summed E-state index contributed by atoms with van der Waals surface area (Å²) in [5.74, 6) is 0.103. The SMILES string of the molecule is CCOC(=O)c1cc(-c2ccccc2)sc1C(C)C. The number of rotatable bonds is 4. The number of ether oxygens (including phenoxy) is 1. The number of thiophene rings is 1. The Morgan fingerprint density at radius 2 is 1.95 bits per heavy atom. The van der Waals surface area contributed by atoms with Crippen LogP contribution in [0, 0.1) is 0 Å². The van der Waals surface area contributed by atoms with Crippen LogP contribution in [0.3, 0.4) is 0 Å². The minimum absolute atomic E-state index is 0.218. The van der Waals surface area contributed by atoms with Crippen LogP contribution in [0.4, 0.5) is 0 Å². The van der Waals surface area contributed by atoms with E-state index in [1.807, 2.05) is 31.2 Å². The van der Waals surface area contributed by atoms with E-state index in [0.29, 0.717) is 18.1 Å². The fourth-order valence-corrected chi connectivity index (χ4v) is 3.10. The third-order valence-electron chi connectivity index (χ3n) is 2.84. The number of benzene rings is 1. The molecule has 2 rings (SSSR count). The van der Waals surface area contributed by atoms with Gasteiger partial charge < -0.3 is 4.74 Å². The molecule has 19 heavy (non-hydrogen) atoms. The quantitative estimate of drug-likeness (QED) is 0.754. The molecule has 3 heteroatoms. The van der Waals surface area contributed by atoms with Crippen molar-refractivity contribution in [3.05, 3.63) is 46.8 Å². The third-order valence-corrected chi connectivity index (χ3v) is 4.32. The number of carbonyl (C=O) groups is 1. The van der Waals surface area contributed by atoms with Gasteiger partial charge in [0.2, 0.25) is 0 Å². The Kier molecular flexibility index (Phi) is 4.38. The predicted molar refractivity (Wildman–Crippen MR) is 79.8 cm³/mol. The largest absolute Gasteiger partial charge is 0.462 e. The lowest BCUT2D eigenvalue weighted by atomic mass is 10.1. The van der Waals surface area contributed by atoms with Crippen molar-refractivity contribution >= 4 is 17.3 Å². The molecule has 1 heterocycles. The zero-order valence-electron chi connectivity index (χ0n) is 11.5. The van der Waals surface area contributed by atoms with Gasteiger partial charge in [-0.25, -0.2) is 4.79 Å². The van der Waals surface area contributed by atoms with Crippen molar-refractivity contribution in [3.8, 4) is 10.4 Å². The fourth-order valence-electron chi connectivity index (χ4n) is 1.95. The summed E-state index contributed by atoms with van der Waals surface area (Å²) in [5, 5.41) is 0. The van der Waals surface area contributed by atoms with Gasteiger partial charge in [0, 0.05) is 9.75 Å². The summed E-state index contributed by atoms with van der Waals surface area (Å²) in [7, 11) is 0. The van der Waals surface area contributed by atoms with Crippen LogP contribution in [0.5, 0.6) is 0 Å². The number of carbonyl (C=O) groups excluding carboxylic acids is 1. The number of esters is 1. The molecule has 0 radical (unpaired) electrons. The van der Waals surface area contributed by atoms with Crippen LogP contribution in [-0.4, -0.2) is 12.6 Å². The predicted octanol–water partition coefficient (Wildman–Crippen LogP) is 4.72. The Labute approximate surface area is 118 Å². The van der Waals surface area contributed by atoms with Gasteiger partial charge in [-0.1, -0.05) is 44.2 Å². The van der Waals surface area contributed by atoms with Crippen LogP contribution in [0.25, 0.3) is 10.4 Å². The van der Waals surface area contributed by atoms with E-state index in [1.54, 1.807) is 11.3 Å². The van der Waals surface area contributed by atoms with E-state index >= 15 is 0 Å². The maximum absolute atomic E-state index is 12.0. The highest BCUT2D eigenvalue weighted by atomic mass is 32.1. The van der Waals surface area contributed by atoms with Crippen LogP contribution in [0.15, 0.2) is 36.4 Å². The van der Waals surface area contributed by atoms with Crippen LogP contribution in [-0.2, 0) is 4.74 Å². The maximum Gasteiger partial charge on any atom is 0.339 e. The van der Waals surface area contributed by atoms with Crippen LogP contribution >= 0.6 is 11.3 Å². The molecule has 100 valence electrons. The molecule has 0 bridgehead atoms. The Bertz CT molecular complexity index is 555. The molecular weight excluding hydrogens is 256 g/mol. The van der Waals surface area contributed by atoms with Crippen molar-refractivity contribution in [2.24, 2.45) is 0 Å². The Balaban J connectivity index is 2.44. The molecule has 0 aliphatic rings. The van der Waals surface area contributed by atoms with E-state index in [-0.39, 0.29) is 5.97 Å². The van der Waals surface area contributed by atoms with Crippen molar-refractivity contribution in [3.63, 3.8) is 0 Å². The van der Waals surface area contributed by atoms with Gasteiger partial charge >= 0.3 is 5.97 Å². The summed E-state index contributed by atoms with van der Waals surface area (Å²) >= 11 is 1.67. The Hall–Kier alpha value is -1.61. The van der Waals surface area contributed by atoms with E-state index < -0.39 is 0 Å². The average molecular weight is 274 g/mol. The zero-order valence-corrected chi connectivity index (χ0v) is 12.3. The van der Waals surface area contributed by atoms with E-state index in [9.17, 15) is 4.79 Å². The van der Waals surface area contributed by atoms with Gasteiger partial charge in [-0.3, -0.25) is 0 Å². The molecule has 1 aromatic carbocycles. The number of hydrogen-bond donors (Lipinski definition) is 0. The van der Waals surface area contributed by atoms with E-state index in [1.165, 1.54) is 0 Å². The highest BCUT2D eigenvalue weighted by Crippen LogP contribution is 2.36. The molecule has 2 nitrogen and oxygen atoms in total. The van der Waals surface area contributed by atoms with Crippen molar-refractivity contribution in [1.29, 1.82) is 0 Å². The molecule has 0 aliphatic heterocycles. The van der Waals surface area contributed by atoms with Crippen molar-refractivity contribution in [1.82, 2.24) is 0 Å². The van der Waals surface area contributed by atoms with Gasteiger partial charge in [-0.15, -0.1) is 11.3 Å². The highest BCUT2D eigenvalue weighted by molar-refractivity contribution is 7.16. The summed E-state index contributed by atoms with van der Waals surface area (Å²) in [6.45, 7) is 6.44. The fraction of sp³-hybridized carbons (Fsp3) is 0.312. The molecule has 0 aliphatic carbocycles. The average Bonchev–Trinajstić information content (AvgIpc) is 2.85. The van der Waals surface area contributed by atoms with Gasteiger partial charge in [0.1, 0.15) is 0 Å². The molecule has 0 N–H and O–H groups in total. The van der Waals surface area contributed by atoms with E-state index in [4.69, 9.17) is 4.74 Å². The van der Waals surface area contributed by atoms with Gasteiger partial charge in [0.05, 0.1) is 12.2 Å². The Morgan fingerprint density at radius 3 is 2.53 bits per heavy atom. The van der Waals surface area contributed by atoms with Gasteiger partial charge in [-0.05, 0) is 24.5 Å². The minimum Gasteiger partial charge on any atom is -0.462 e. The summed E-state index contributed by atoms with van der Waals surface area (Å²) in [6, 6.07) is 12.1. The second kappa shape index (κ2) is 6.02. The zero-order chi connectivity index (χ0) is 13.8. The first-order valence-corrected chi connectivity index (χ1v) is 7.31. The summed E-state index contributed by atoms with van der Waals surface area (Å²) < 4.78 is 5.14. The molecular formula is C16H18O2S. The second-order valence-electron chi connectivity index (χ2n) is 4.63. The third kappa shape index (κ3) is 3.04. The molecule has 0 atom stereocenters. The topological polar surface area (TPSA) is 26.3 Å². The standard InChI is InChI=1S/C16H18O2S/c1-4-18-16(17)13-10-14(19-15(13)11(2)3)12-8-6-5-7-9-12/h5-11H,4H2,1-3H3. The molecule has 2 aromatic rings. The van der Waals surface area contributed by atoms with E-state index in [2.05, 4.69) is 26.0 Å². The van der Waals surface area contributed by atoms with Crippen LogP contribution in [0.2, 0.25) is 0 Å². The highest BCUT2D eigenvalue weighted by Gasteiger charge is 2.19. The lowest BCUT2D eigenvalue weighted by molar-refractivity contribution is 0.0525. The van der Waals surface area contributed by atoms with Gasteiger partial charge in [-0.2, -0.15) is 0 Å². The first-order chi connectivity index (χ1) is 9.13. The molecule has 0 saturated carbocycles. The second-order valence-corrected chi connectivity index (χ2v) is 5.71. The summed E-state index contributed by atoms with van der Waals surface area (Å²) in [5.41, 5.74) is 1.85. The van der Waals surface area contributed by atoms with Crippen LogP contribution < -0.4 is 0 Å². The smallest absolute Gasteiger partial charge is 0.339 e. The molecule has 0 saturated heterocycles. The molecule has 0 amide bonds. The van der Waals surface area contributed by atoms with E-state index in [0.717, 1.165) is 15.3 Å². The minimum atomic E-state index is -0.218. The number of hydrogen-bond acceptors (Lipinski definition) is 3. The molecule has 1 aromatic heterocycles. The monoisotopic (exact) mass is 274 g/mol. The maximum atomic E-state index is 12.0. The van der Waals surface area contributed by atoms with Crippen molar-refractivity contribution in [2.75, 3.05) is 6.61 Å². The first-order valence-electron chi connectivity index (χ1n) is 6.49. The summed E-state index contributed by atoms with van der Waals surface area (Å²) in [6.07, 6.45) is 0. The molecule has 0 fully saturated rings. The van der Waals surface area contributed by atoms with Crippen molar-refractivity contribution < 1.29 is 9.53 Å². The molecule has 0 unspecified atom stereocenters. The normalized spacial score (nSPS) is 10.7. The van der Waals surface area contributed by atoms with Crippen molar-refractivity contribution in [2.45, 2.75) is 26.7 Å². The molecule has 0 spiro atoms. The van der Waals surface area contributed by atoms with Gasteiger partial charge in [0.15, 0.2) is 0 Å².